The highest BCUT2D eigenvalue weighted by Crippen LogP contribution is 2.42. The number of Topliss-reactive ketones (excluding diaryl/α,β-unsaturated/α-hetero) is 1. The normalized spacial score (nSPS) is 35.5. The second kappa shape index (κ2) is 8.66. The van der Waals surface area contributed by atoms with Crippen LogP contribution in [0.25, 0.3) is 0 Å². The van der Waals surface area contributed by atoms with Crippen molar-refractivity contribution in [3.63, 3.8) is 0 Å². The van der Waals surface area contributed by atoms with E-state index in [2.05, 4.69) is 0 Å². The Bertz CT molecular complexity index is 379. The van der Waals surface area contributed by atoms with Gasteiger partial charge in [0.05, 0.1) is 12.0 Å². The molecule has 1 aliphatic heterocycles. The van der Waals surface area contributed by atoms with Crippen LogP contribution in [0.1, 0.15) is 71.1 Å². The second-order valence-electron chi connectivity index (χ2n) is 6.88. The Morgan fingerprint density at radius 3 is 2.14 bits per heavy atom. The van der Waals surface area contributed by atoms with Gasteiger partial charge in [-0.3, -0.25) is 9.59 Å². The molecule has 0 spiro atoms. The molecule has 0 aromatic carbocycles. The van der Waals surface area contributed by atoms with Crippen molar-refractivity contribution in [3.05, 3.63) is 0 Å². The van der Waals surface area contributed by atoms with E-state index in [1.165, 1.54) is 32.1 Å². The number of esters is 1. The van der Waals surface area contributed by atoms with Gasteiger partial charge in [-0.05, 0) is 32.6 Å². The fourth-order valence-electron chi connectivity index (χ4n) is 3.37. The summed E-state index contributed by atoms with van der Waals surface area (Å²) in [7, 11) is 1.60. The molecular weight excluding hydrogens is 280 g/mol. The predicted molar refractivity (Wildman–Crippen MR) is 84.5 cm³/mol. The summed E-state index contributed by atoms with van der Waals surface area (Å²) in [6.45, 7) is 1.96. The van der Waals surface area contributed by atoms with Gasteiger partial charge in [0.25, 0.3) is 0 Å². The summed E-state index contributed by atoms with van der Waals surface area (Å²) in [5.41, 5.74) is 0. The molecule has 1 heterocycles. The average Bonchev–Trinajstić information content (AvgIpc) is 3.28. The minimum absolute atomic E-state index is 0.0324. The van der Waals surface area contributed by atoms with Crippen LogP contribution in [0.2, 0.25) is 0 Å². The van der Waals surface area contributed by atoms with Crippen LogP contribution in [0.4, 0.5) is 0 Å². The molecule has 2 fully saturated rings. The van der Waals surface area contributed by atoms with Gasteiger partial charge in [-0.15, -0.1) is 0 Å². The molecule has 0 bridgehead atoms. The smallest absolute Gasteiger partial charge is 0.309 e. The highest BCUT2D eigenvalue weighted by Gasteiger charge is 2.50. The molecule has 0 amide bonds. The number of hydrogen-bond acceptors (Lipinski definition) is 4. The highest BCUT2D eigenvalue weighted by molar-refractivity contribution is 5.94. The molecule has 1 saturated carbocycles. The summed E-state index contributed by atoms with van der Waals surface area (Å²) >= 11 is 0. The number of carbonyl (C=O) groups is 2. The second-order valence-corrected chi connectivity index (χ2v) is 6.88. The quantitative estimate of drug-likeness (QED) is 0.694. The first-order chi connectivity index (χ1) is 10.6. The van der Waals surface area contributed by atoms with E-state index in [0.29, 0.717) is 6.42 Å². The molecule has 22 heavy (non-hydrogen) atoms. The van der Waals surface area contributed by atoms with Crippen LogP contribution in [0.15, 0.2) is 0 Å². The molecule has 1 saturated heterocycles. The molecule has 4 heteroatoms. The number of fused-ring (bicyclic) bond motifs is 1. The van der Waals surface area contributed by atoms with Gasteiger partial charge in [0.2, 0.25) is 0 Å². The fraction of sp³-hybridized carbons (Fsp3) is 0.889. The Morgan fingerprint density at radius 1 is 0.909 bits per heavy atom. The Balaban J connectivity index is 1.91. The zero-order valence-corrected chi connectivity index (χ0v) is 14.0. The van der Waals surface area contributed by atoms with Crippen molar-refractivity contribution in [3.8, 4) is 0 Å². The minimum atomic E-state index is -0.340. The maximum atomic E-state index is 12.4. The van der Waals surface area contributed by atoms with E-state index in [9.17, 15) is 9.59 Å². The van der Waals surface area contributed by atoms with Crippen LogP contribution in [-0.2, 0) is 19.1 Å². The fourth-order valence-corrected chi connectivity index (χ4v) is 3.37. The predicted octanol–water partition coefficient (Wildman–Crippen LogP) is 3.66. The van der Waals surface area contributed by atoms with Crippen molar-refractivity contribution in [2.24, 2.45) is 11.8 Å². The molecule has 126 valence electrons. The summed E-state index contributed by atoms with van der Waals surface area (Å²) < 4.78 is 10.9. The molecule has 0 aromatic heterocycles. The molecule has 0 N–H and O–H groups in total. The van der Waals surface area contributed by atoms with Crippen LogP contribution in [-0.4, -0.2) is 31.1 Å². The number of cyclic esters (lactones) is 1. The third-order valence-electron chi connectivity index (χ3n) is 4.95. The first-order valence-corrected chi connectivity index (χ1v) is 8.90. The van der Waals surface area contributed by atoms with Crippen LogP contribution < -0.4 is 0 Å². The van der Waals surface area contributed by atoms with Gasteiger partial charge >= 0.3 is 5.97 Å². The zero-order chi connectivity index (χ0) is 15.9. The highest BCUT2D eigenvalue weighted by atomic mass is 16.5. The number of methoxy groups -OCH3 is 1. The number of ether oxygens (including phenoxy) is 2. The third-order valence-corrected chi connectivity index (χ3v) is 4.95. The van der Waals surface area contributed by atoms with Gasteiger partial charge in [0.1, 0.15) is 6.10 Å². The minimum Gasteiger partial charge on any atom is -0.462 e. The molecular formula is C18H30O4. The van der Waals surface area contributed by atoms with Crippen LogP contribution in [0, 0.1) is 11.8 Å². The first-order valence-electron chi connectivity index (χ1n) is 8.90. The van der Waals surface area contributed by atoms with E-state index < -0.39 is 0 Å². The van der Waals surface area contributed by atoms with Gasteiger partial charge < -0.3 is 9.47 Å². The topological polar surface area (TPSA) is 52.6 Å². The summed E-state index contributed by atoms with van der Waals surface area (Å²) in [4.78, 5) is 24.5. The third kappa shape index (κ3) is 5.08. The maximum Gasteiger partial charge on any atom is 0.309 e. The van der Waals surface area contributed by atoms with E-state index in [-0.39, 0.29) is 35.8 Å². The Labute approximate surface area is 133 Å². The molecule has 2 unspecified atom stereocenters. The van der Waals surface area contributed by atoms with Gasteiger partial charge in [-0.2, -0.15) is 0 Å². The summed E-state index contributed by atoms with van der Waals surface area (Å²) in [6.07, 6.45) is 10.3. The summed E-state index contributed by atoms with van der Waals surface area (Å²) in [6, 6.07) is 0. The van der Waals surface area contributed by atoms with Crippen LogP contribution >= 0.6 is 0 Å². The van der Waals surface area contributed by atoms with Gasteiger partial charge in [0, 0.05) is 13.0 Å². The Morgan fingerprint density at radius 2 is 1.50 bits per heavy atom. The molecule has 1 aliphatic carbocycles. The summed E-state index contributed by atoms with van der Waals surface area (Å²) in [5.74, 6) is -0.477. The number of ketones is 1. The van der Waals surface area contributed by atoms with E-state index in [4.69, 9.17) is 9.47 Å². The molecule has 4 nitrogen and oxygen atoms in total. The maximum absolute atomic E-state index is 12.4. The molecule has 2 rings (SSSR count). The van der Waals surface area contributed by atoms with Gasteiger partial charge in [0.15, 0.2) is 5.78 Å². The average molecular weight is 310 g/mol. The van der Waals surface area contributed by atoms with Crippen molar-refractivity contribution < 1.29 is 19.1 Å². The van der Waals surface area contributed by atoms with Gasteiger partial charge in [-0.1, -0.05) is 38.5 Å². The lowest BCUT2D eigenvalue weighted by Crippen LogP contribution is -2.27. The van der Waals surface area contributed by atoms with E-state index in [1.54, 1.807) is 7.11 Å². The lowest BCUT2D eigenvalue weighted by Gasteiger charge is -2.16. The van der Waals surface area contributed by atoms with Crippen molar-refractivity contribution in [2.45, 2.75) is 83.3 Å². The van der Waals surface area contributed by atoms with Crippen molar-refractivity contribution in [1.82, 2.24) is 0 Å². The van der Waals surface area contributed by atoms with Crippen molar-refractivity contribution in [2.75, 3.05) is 7.11 Å². The van der Waals surface area contributed by atoms with E-state index in [0.717, 1.165) is 25.7 Å². The van der Waals surface area contributed by atoms with Gasteiger partial charge in [-0.25, -0.2) is 0 Å². The molecule has 0 radical (unpaired) electrons. The Kier molecular flexibility index (Phi) is 6.87. The zero-order valence-electron chi connectivity index (χ0n) is 14.0. The lowest BCUT2D eigenvalue weighted by atomic mass is 10.0. The number of hydrogen-bond donors (Lipinski definition) is 0. The van der Waals surface area contributed by atoms with E-state index in [1.807, 2.05) is 6.92 Å². The van der Waals surface area contributed by atoms with E-state index >= 15 is 0 Å². The Hall–Kier alpha value is -0.900. The molecule has 4 atom stereocenters. The van der Waals surface area contributed by atoms with Crippen molar-refractivity contribution in [1.29, 1.82) is 0 Å². The number of carbonyl (C=O) groups excluding carboxylic acids is 2. The molecule has 2 aliphatic rings. The first kappa shape index (κ1) is 17.5. The standard InChI is InChI=1S/C18H30O4/c1-13-10-8-6-4-3-5-7-9-11-16(21-2)17(19)14-12-15(14)18(20)22-13/h13-16H,3-12H2,1-2H3/t13-,14?,15?,16+/m1/s1. The van der Waals surface area contributed by atoms with Crippen molar-refractivity contribution >= 4 is 11.8 Å². The molecule has 0 aromatic rings. The van der Waals surface area contributed by atoms with Crippen LogP contribution in [0.3, 0.4) is 0 Å². The monoisotopic (exact) mass is 310 g/mol. The SMILES string of the molecule is CO[C@H]1CCCCCCCCC[C@@H](C)OC(=O)C2CC2C1=O. The number of rotatable bonds is 1. The van der Waals surface area contributed by atoms with Crippen LogP contribution in [0.5, 0.6) is 0 Å². The lowest BCUT2D eigenvalue weighted by molar-refractivity contribution is -0.151. The largest absolute Gasteiger partial charge is 0.462 e. The summed E-state index contributed by atoms with van der Waals surface area (Å²) in [5, 5.41) is 0.